The van der Waals surface area contributed by atoms with Crippen LogP contribution in [0.5, 0.6) is 0 Å². The Morgan fingerprint density at radius 2 is 2.45 bits per heavy atom. The third-order valence-corrected chi connectivity index (χ3v) is 5.50. The van der Waals surface area contributed by atoms with E-state index < -0.39 is 0 Å². The van der Waals surface area contributed by atoms with E-state index in [0.717, 1.165) is 10.8 Å². The first kappa shape index (κ1) is 15.6. The van der Waals surface area contributed by atoms with Gasteiger partial charge in [0, 0.05) is 23.1 Å². The number of esters is 1. The molecule has 0 bridgehead atoms. The number of rotatable bonds is 7. The molecule has 1 aliphatic carbocycles. The van der Waals surface area contributed by atoms with Gasteiger partial charge in [0.2, 0.25) is 0 Å². The maximum Gasteiger partial charge on any atom is 0.306 e. The Balaban J connectivity index is 1.81. The first-order valence-electron chi connectivity index (χ1n) is 7.12. The van der Waals surface area contributed by atoms with Crippen molar-refractivity contribution in [2.24, 2.45) is 0 Å². The van der Waals surface area contributed by atoms with Crippen molar-refractivity contribution in [3.63, 3.8) is 0 Å². The number of thiazole rings is 1. The van der Waals surface area contributed by atoms with Crippen LogP contribution in [0, 0.1) is 0 Å². The third-order valence-electron chi connectivity index (χ3n) is 3.51. The van der Waals surface area contributed by atoms with Gasteiger partial charge in [0.05, 0.1) is 18.7 Å². The van der Waals surface area contributed by atoms with Gasteiger partial charge in [-0.05, 0) is 26.0 Å². The number of ether oxygens (including phenoxy) is 1. The molecule has 0 amide bonds. The monoisotopic (exact) mass is 314 g/mol. The Morgan fingerprint density at radius 1 is 1.60 bits per heavy atom. The molecule has 0 aromatic carbocycles. The molecule has 1 N–H and O–H groups in total. The van der Waals surface area contributed by atoms with E-state index in [1.807, 2.05) is 24.1 Å². The Labute approximate surface area is 128 Å². The van der Waals surface area contributed by atoms with Gasteiger partial charge in [-0.1, -0.05) is 6.42 Å². The molecule has 1 fully saturated rings. The molecule has 1 aromatic rings. The summed E-state index contributed by atoms with van der Waals surface area (Å²) in [7, 11) is 0. The van der Waals surface area contributed by atoms with Crippen LogP contribution in [0.25, 0.3) is 0 Å². The number of nitrogens with zero attached hydrogens (tertiary/aromatic N) is 1. The van der Waals surface area contributed by atoms with E-state index >= 15 is 0 Å². The van der Waals surface area contributed by atoms with Crippen LogP contribution >= 0.6 is 23.1 Å². The zero-order valence-electron chi connectivity index (χ0n) is 12.1. The fraction of sp³-hybridized carbons (Fsp3) is 0.714. The van der Waals surface area contributed by atoms with Gasteiger partial charge in [-0.3, -0.25) is 4.79 Å². The van der Waals surface area contributed by atoms with Crippen molar-refractivity contribution in [2.75, 3.05) is 18.2 Å². The van der Waals surface area contributed by atoms with Crippen molar-refractivity contribution < 1.29 is 9.53 Å². The van der Waals surface area contributed by atoms with Gasteiger partial charge in [0.15, 0.2) is 5.13 Å². The molecule has 1 aromatic heterocycles. The molecule has 2 atom stereocenters. The summed E-state index contributed by atoms with van der Waals surface area (Å²) in [5.41, 5.74) is 0.976. The number of anilines is 1. The van der Waals surface area contributed by atoms with Crippen molar-refractivity contribution in [3.8, 4) is 0 Å². The van der Waals surface area contributed by atoms with E-state index in [-0.39, 0.29) is 5.97 Å². The predicted octanol–water partition coefficient (Wildman–Crippen LogP) is 3.33. The van der Waals surface area contributed by atoms with Gasteiger partial charge in [0.1, 0.15) is 0 Å². The first-order chi connectivity index (χ1) is 9.72. The van der Waals surface area contributed by atoms with E-state index in [0.29, 0.717) is 30.7 Å². The minimum Gasteiger partial charge on any atom is -0.466 e. The quantitative estimate of drug-likeness (QED) is 0.782. The standard InChI is InChI=1S/C14H22N2O2S2/c1-3-18-13(17)8-7-10-9-20-14(15-10)16-11-5-4-6-12(11)19-2/h9,11-12H,3-8H2,1-2H3,(H,15,16). The Morgan fingerprint density at radius 3 is 3.20 bits per heavy atom. The second-order valence-electron chi connectivity index (χ2n) is 4.90. The van der Waals surface area contributed by atoms with Gasteiger partial charge in [0.25, 0.3) is 0 Å². The summed E-state index contributed by atoms with van der Waals surface area (Å²) in [6, 6.07) is 0.536. The minimum absolute atomic E-state index is 0.145. The summed E-state index contributed by atoms with van der Waals surface area (Å²) in [6.45, 7) is 2.27. The predicted molar refractivity (Wildman–Crippen MR) is 85.6 cm³/mol. The second kappa shape index (κ2) is 7.88. The molecule has 4 nitrogen and oxygen atoms in total. The molecular formula is C14H22N2O2S2. The third kappa shape index (κ3) is 4.38. The normalized spacial score (nSPS) is 21.9. The van der Waals surface area contributed by atoms with Crippen LogP contribution in [0.4, 0.5) is 5.13 Å². The van der Waals surface area contributed by atoms with Crippen LogP contribution in [0.15, 0.2) is 5.38 Å². The summed E-state index contributed by atoms with van der Waals surface area (Å²) in [4.78, 5) is 15.9. The number of aromatic nitrogens is 1. The van der Waals surface area contributed by atoms with E-state index in [2.05, 4.69) is 16.6 Å². The van der Waals surface area contributed by atoms with Crippen LogP contribution in [0.1, 0.15) is 38.3 Å². The number of hydrogen-bond donors (Lipinski definition) is 1. The number of thioether (sulfide) groups is 1. The SMILES string of the molecule is CCOC(=O)CCc1csc(NC2CCCC2SC)n1. The molecule has 6 heteroatoms. The first-order valence-corrected chi connectivity index (χ1v) is 9.29. The highest BCUT2D eigenvalue weighted by Gasteiger charge is 2.26. The van der Waals surface area contributed by atoms with E-state index in [9.17, 15) is 4.79 Å². The van der Waals surface area contributed by atoms with E-state index in [1.54, 1.807) is 11.3 Å². The number of carbonyl (C=O) groups excluding carboxylic acids is 1. The van der Waals surface area contributed by atoms with Crippen LogP contribution in [-0.4, -0.2) is 35.1 Å². The highest BCUT2D eigenvalue weighted by Crippen LogP contribution is 2.31. The number of nitrogens with one attached hydrogen (secondary N) is 1. The van der Waals surface area contributed by atoms with Crippen LogP contribution in [0.3, 0.4) is 0 Å². The lowest BCUT2D eigenvalue weighted by Crippen LogP contribution is -2.25. The second-order valence-corrected chi connectivity index (χ2v) is 6.84. The topological polar surface area (TPSA) is 51.2 Å². The average molecular weight is 314 g/mol. The molecule has 0 saturated heterocycles. The molecular weight excluding hydrogens is 292 g/mol. The van der Waals surface area contributed by atoms with Crippen molar-refractivity contribution in [1.82, 2.24) is 4.98 Å². The van der Waals surface area contributed by atoms with Crippen molar-refractivity contribution in [1.29, 1.82) is 0 Å². The fourth-order valence-corrected chi connectivity index (χ4v) is 4.23. The summed E-state index contributed by atoms with van der Waals surface area (Å²) in [5, 5.41) is 7.26. The maximum atomic E-state index is 11.3. The number of hydrogen-bond acceptors (Lipinski definition) is 6. The molecule has 1 aliphatic rings. The van der Waals surface area contributed by atoms with E-state index in [1.165, 1.54) is 19.3 Å². The van der Waals surface area contributed by atoms with Crippen molar-refractivity contribution in [2.45, 2.75) is 50.3 Å². The highest BCUT2D eigenvalue weighted by atomic mass is 32.2. The lowest BCUT2D eigenvalue weighted by molar-refractivity contribution is -0.143. The summed E-state index contributed by atoms with van der Waals surface area (Å²) in [5.74, 6) is -0.145. The molecule has 0 aliphatic heterocycles. The highest BCUT2D eigenvalue weighted by molar-refractivity contribution is 7.99. The summed E-state index contributed by atoms with van der Waals surface area (Å²) in [6.07, 6.45) is 7.06. The summed E-state index contributed by atoms with van der Waals surface area (Å²) < 4.78 is 4.92. The number of aryl methyl sites for hydroxylation is 1. The zero-order valence-corrected chi connectivity index (χ0v) is 13.7. The number of carbonyl (C=O) groups is 1. The molecule has 0 spiro atoms. The maximum absolute atomic E-state index is 11.3. The molecule has 20 heavy (non-hydrogen) atoms. The summed E-state index contributed by atoms with van der Waals surface area (Å²) >= 11 is 3.57. The molecule has 1 saturated carbocycles. The van der Waals surface area contributed by atoms with Crippen molar-refractivity contribution >= 4 is 34.2 Å². The lowest BCUT2D eigenvalue weighted by atomic mass is 10.2. The molecule has 2 unspecified atom stereocenters. The fourth-order valence-electron chi connectivity index (χ4n) is 2.48. The Bertz CT molecular complexity index is 437. The smallest absolute Gasteiger partial charge is 0.306 e. The van der Waals surface area contributed by atoms with Gasteiger partial charge in [-0.15, -0.1) is 11.3 Å². The lowest BCUT2D eigenvalue weighted by Gasteiger charge is -2.18. The zero-order chi connectivity index (χ0) is 14.4. The van der Waals surface area contributed by atoms with Crippen LogP contribution in [0.2, 0.25) is 0 Å². The minimum atomic E-state index is -0.145. The van der Waals surface area contributed by atoms with Gasteiger partial charge in [-0.2, -0.15) is 11.8 Å². The molecule has 0 radical (unpaired) electrons. The van der Waals surface area contributed by atoms with Gasteiger partial charge in [-0.25, -0.2) is 4.98 Å². The average Bonchev–Trinajstić information content (AvgIpc) is 3.06. The molecule has 2 rings (SSSR count). The Kier molecular flexibility index (Phi) is 6.16. The molecule has 1 heterocycles. The van der Waals surface area contributed by atoms with Crippen LogP contribution in [-0.2, 0) is 16.0 Å². The Hall–Kier alpha value is -0.750. The van der Waals surface area contributed by atoms with E-state index in [4.69, 9.17) is 4.74 Å². The van der Waals surface area contributed by atoms with Gasteiger partial charge < -0.3 is 10.1 Å². The van der Waals surface area contributed by atoms with Crippen molar-refractivity contribution in [3.05, 3.63) is 11.1 Å². The van der Waals surface area contributed by atoms with Gasteiger partial charge >= 0.3 is 5.97 Å². The molecule has 112 valence electrons. The largest absolute Gasteiger partial charge is 0.466 e. The van der Waals surface area contributed by atoms with Crippen LogP contribution < -0.4 is 5.32 Å².